The summed E-state index contributed by atoms with van der Waals surface area (Å²) >= 11 is 0. The van der Waals surface area contributed by atoms with Crippen LogP contribution in [0.2, 0.25) is 0 Å². The molecule has 0 aliphatic heterocycles. The van der Waals surface area contributed by atoms with Crippen LogP contribution in [0.4, 0.5) is 42.9 Å². The molecule has 9 aromatic carbocycles. The lowest BCUT2D eigenvalue weighted by molar-refractivity contribution is 0.627. The average molecular weight is 859 g/mol. The van der Waals surface area contributed by atoms with Gasteiger partial charge in [0.25, 0.3) is 0 Å². The molecule has 0 amide bonds. The van der Waals surface area contributed by atoms with E-state index >= 15 is 0 Å². The van der Waals surface area contributed by atoms with Gasteiger partial charge in [0.05, 0.1) is 33.1 Å². The van der Waals surface area contributed by atoms with Gasteiger partial charge < -0.3 is 18.6 Å². The van der Waals surface area contributed by atoms with E-state index in [0.29, 0.717) is 11.8 Å². The van der Waals surface area contributed by atoms with Crippen molar-refractivity contribution in [3.05, 3.63) is 205 Å². The van der Waals surface area contributed by atoms with Gasteiger partial charge in [-0.05, 0) is 132 Å². The maximum Gasteiger partial charge on any atom is 0.123 e. The molecule has 318 valence electrons. The summed E-state index contributed by atoms with van der Waals surface area (Å²) < 4.78 is 33.6. The van der Waals surface area contributed by atoms with Crippen molar-refractivity contribution in [2.75, 3.05) is 9.80 Å². The first-order valence-corrected chi connectivity index (χ1v) is 22.9. The summed E-state index contributed by atoms with van der Waals surface area (Å²) in [6.07, 6.45) is 0. The zero-order chi connectivity index (χ0) is 44.5. The normalized spacial score (nSPS) is 12.4. The number of rotatable bonds is 8. The smallest absolute Gasteiger partial charge is 0.123 e. The van der Waals surface area contributed by atoms with E-state index in [1.807, 2.05) is 24.3 Å². The van der Waals surface area contributed by atoms with Gasteiger partial charge in [0, 0.05) is 77.2 Å². The molecule has 13 rings (SSSR count). The molecule has 0 unspecified atom stereocenters. The summed E-state index contributed by atoms with van der Waals surface area (Å²) in [5, 5.41) is 9.60. The molecule has 0 bridgehead atoms. The van der Waals surface area contributed by atoms with Gasteiger partial charge >= 0.3 is 0 Å². The summed E-state index contributed by atoms with van der Waals surface area (Å²) in [4.78, 5) is 4.44. The van der Waals surface area contributed by atoms with Crippen molar-refractivity contribution in [2.45, 2.75) is 39.5 Å². The molecule has 0 spiro atoms. The number of aromatic nitrogens is 2. The second kappa shape index (κ2) is 14.3. The third kappa shape index (κ3) is 5.60. The molecule has 4 heterocycles. The van der Waals surface area contributed by atoms with E-state index < -0.39 is 0 Å². The molecule has 0 aliphatic rings. The topological polar surface area (TPSA) is 15.3 Å². The second-order valence-electron chi connectivity index (χ2n) is 18.5. The van der Waals surface area contributed by atoms with Crippen LogP contribution in [0.5, 0.6) is 0 Å². The Morgan fingerprint density at radius 2 is 0.621 bits per heavy atom. The Balaban J connectivity index is 1.04. The molecule has 0 atom stereocenters. The third-order valence-electron chi connectivity index (χ3n) is 14.0. The van der Waals surface area contributed by atoms with Gasteiger partial charge in [-0.1, -0.05) is 100 Å². The van der Waals surface area contributed by atoms with Crippen LogP contribution in [-0.2, 0) is 0 Å². The first kappa shape index (κ1) is 38.5. The summed E-state index contributed by atoms with van der Waals surface area (Å²) in [5.41, 5.74) is 15.3. The van der Waals surface area contributed by atoms with Crippen molar-refractivity contribution in [3.8, 4) is 0 Å². The summed E-state index contributed by atoms with van der Waals surface area (Å²) in [6, 6.07) is 62.6. The summed E-state index contributed by atoms with van der Waals surface area (Å²) in [5.74, 6) is 0.292. The van der Waals surface area contributed by atoms with E-state index in [4.69, 9.17) is 0 Å². The standard InChI is InChI=1S/C60H44F2N4/c1-35(2)37-11-19-41(20-12-37)63(43-23-15-39(61)16-24-43)45-27-29-47-49-7-5-9-51-53-34-58-54(33-57(53)65(59(49)51)55(47)31-45)52-10-6-8-50-48-30-28-46(32-56(48)66(58)60(50)52)64(44-25-17-40(62)18-26-44)42-21-13-38(14-22-42)36(3)4/h5-36H,1-4H3. The first-order chi connectivity index (χ1) is 32.2. The van der Waals surface area contributed by atoms with Crippen molar-refractivity contribution in [1.82, 2.24) is 8.80 Å². The lowest BCUT2D eigenvalue weighted by Crippen LogP contribution is -2.10. The Labute approximate surface area is 380 Å². The minimum absolute atomic E-state index is 0.262. The highest BCUT2D eigenvalue weighted by Crippen LogP contribution is 2.47. The fraction of sp³-hybridized carbons (Fsp3) is 0.100. The molecule has 6 heteroatoms. The Hall–Kier alpha value is -7.96. The monoisotopic (exact) mass is 858 g/mol. The number of para-hydroxylation sites is 2. The Morgan fingerprint density at radius 1 is 0.318 bits per heavy atom. The average Bonchev–Trinajstić information content (AvgIpc) is 4.06. The summed E-state index contributed by atoms with van der Waals surface area (Å²) in [7, 11) is 0. The Bertz CT molecular complexity index is 3730. The van der Waals surface area contributed by atoms with E-state index in [2.05, 4.69) is 180 Å². The lowest BCUT2D eigenvalue weighted by Gasteiger charge is -2.26. The van der Waals surface area contributed by atoms with Crippen molar-refractivity contribution in [3.63, 3.8) is 0 Å². The SMILES string of the molecule is CC(C)c1ccc(N(c2ccc(F)cc2)c2ccc3c4cccc5c6cc7c(cc6n(c3c2)c45)c2cccc3c4ccc(N(c5ccc(F)cc5)c5ccc(C(C)C)cc5)cc4n7c32)cc1. The lowest BCUT2D eigenvalue weighted by atomic mass is 10.0. The van der Waals surface area contributed by atoms with Crippen molar-refractivity contribution >= 4 is 110 Å². The van der Waals surface area contributed by atoms with E-state index in [1.54, 1.807) is 0 Å². The van der Waals surface area contributed by atoms with Gasteiger partial charge in [-0.15, -0.1) is 0 Å². The van der Waals surface area contributed by atoms with Crippen LogP contribution in [0.3, 0.4) is 0 Å². The molecular formula is C60H44F2N4. The molecule has 13 aromatic rings. The third-order valence-corrected chi connectivity index (χ3v) is 14.0. The van der Waals surface area contributed by atoms with Gasteiger partial charge in [-0.25, -0.2) is 8.78 Å². The van der Waals surface area contributed by atoms with Crippen LogP contribution in [-0.4, -0.2) is 8.80 Å². The van der Waals surface area contributed by atoms with Gasteiger partial charge in [0.15, 0.2) is 0 Å². The van der Waals surface area contributed by atoms with Gasteiger partial charge in [0.2, 0.25) is 0 Å². The number of fused-ring (bicyclic) bond motifs is 12. The van der Waals surface area contributed by atoms with Gasteiger partial charge in [-0.2, -0.15) is 0 Å². The molecule has 0 saturated heterocycles. The van der Waals surface area contributed by atoms with Crippen LogP contribution >= 0.6 is 0 Å². The zero-order valence-corrected chi connectivity index (χ0v) is 37.0. The highest BCUT2D eigenvalue weighted by Gasteiger charge is 2.24. The quantitative estimate of drug-likeness (QED) is 0.151. The number of hydrogen-bond acceptors (Lipinski definition) is 2. The van der Waals surface area contributed by atoms with Gasteiger partial charge in [-0.3, -0.25) is 0 Å². The molecule has 0 fully saturated rings. The number of hydrogen-bond donors (Lipinski definition) is 0. The Kier molecular flexibility index (Phi) is 8.32. The Morgan fingerprint density at radius 3 is 0.970 bits per heavy atom. The molecule has 4 nitrogen and oxygen atoms in total. The van der Waals surface area contributed by atoms with Crippen LogP contribution in [0.1, 0.15) is 50.7 Å². The molecule has 66 heavy (non-hydrogen) atoms. The minimum atomic E-state index is -0.262. The number of anilines is 6. The van der Waals surface area contributed by atoms with Crippen LogP contribution in [0, 0.1) is 11.6 Å². The first-order valence-electron chi connectivity index (χ1n) is 22.9. The molecule has 0 saturated carbocycles. The van der Waals surface area contributed by atoms with Crippen LogP contribution < -0.4 is 9.80 Å². The molecular weight excluding hydrogens is 815 g/mol. The van der Waals surface area contributed by atoms with Gasteiger partial charge in [0.1, 0.15) is 11.6 Å². The molecule has 4 aromatic heterocycles. The van der Waals surface area contributed by atoms with Crippen LogP contribution in [0.15, 0.2) is 182 Å². The number of halogens is 2. The zero-order valence-electron chi connectivity index (χ0n) is 37.0. The van der Waals surface area contributed by atoms with E-state index in [-0.39, 0.29) is 11.6 Å². The predicted octanol–water partition coefficient (Wildman–Crippen LogP) is 17.5. The van der Waals surface area contributed by atoms with Crippen LogP contribution in [0.25, 0.3) is 76.2 Å². The fourth-order valence-corrected chi connectivity index (χ4v) is 10.8. The second-order valence-corrected chi connectivity index (χ2v) is 18.5. The maximum atomic E-state index is 14.4. The van der Waals surface area contributed by atoms with Crippen molar-refractivity contribution in [2.24, 2.45) is 0 Å². The minimum Gasteiger partial charge on any atom is -0.310 e. The predicted molar refractivity (Wildman–Crippen MR) is 273 cm³/mol. The number of benzene rings is 9. The fourth-order valence-electron chi connectivity index (χ4n) is 10.8. The highest BCUT2D eigenvalue weighted by molar-refractivity contribution is 6.29. The van der Waals surface area contributed by atoms with E-state index in [9.17, 15) is 8.78 Å². The van der Waals surface area contributed by atoms with Crippen molar-refractivity contribution < 1.29 is 8.78 Å². The summed E-state index contributed by atoms with van der Waals surface area (Å²) in [6.45, 7) is 8.82. The largest absolute Gasteiger partial charge is 0.310 e. The number of nitrogens with zero attached hydrogens (tertiary/aromatic N) is 4. The molecule has 0 radical (unpaired) electrons. The van der Waals surface area contributed by atoms with E-state index in [1.165, 1.54) is 89.5 Å². The highest BCUT2D eigenvalue weighted by atomic mass is 19.1. The molecule has 0 N–H and O–H groups in total. The van der Waals surface area contributed by atoms with Crippen molar-refractivity contribution in [1.29, 1.82) is 0 Å². The molecule has 0 aliphatic carbocycles. The van der Waals surface area contributed by atoms with E-state index in [0.717, 1.165) is 56.2 Å². The maximum absolute atomic E-state index is 14.4.